The molecule has 1 heterocycles. The third-order valence-electron chi connectivity index (χ3n) is 8.16. The van der Waals surface area contributed by atoms with Gasteiger partial charge < -0.3 is 9.47 Å². The lowest BCUT2D eigenvalue weighted by molar-refractivity contribution is 1.18. The zero-order valence-corrected chi connectivity index (χ0v) is 22.8. The molecule has 0 amide bonds. The molecule has 0 bridgehead atoms. The van der Waals surface area contributed by atoms with Crippen LogP contribution in [0.25, 0.3) is 54.2 Å². The molecule has 7 aromatic carbocycles. The minimum atomic E-state index is 0.635. The Morgan fingerprint density at radius 2 is 1.14 bits per heavy atom. The Labute approximate surface area is 244 Å². The van der Waals surface area contributed by atoms with Crippen molar-refractivity contribution in [1.29, 1.82) is 0 Å². The summed E-state index contributed by atoms with van der Waals surface area (Å²) < 4.78 is 2.38. The van der Waals surface area contributed by atoms with Gasteiger partial charge in [-0.2, -0.15) is 0 Å². The van der Waals surface area contributed by atoms with E-state index in [1.54, 1.807) is 0 Å². The Hall–Kier alpha value is -5.85. The molecule has 8 aromatic rings. The molecule has 0 N–H and O–H groups in total. The van der Waals surface area contributed by atoms with Gasteiger partial charge in [0.2, 0.25) is 0 Å². The lowest BCUT2D eigenvalue weighted by Gasteiger charge is -2.25. The number of hydrogen-bond donors (Lipinski definition) is 0. The molecule has 0 atom stereocenters. The van der Waals surface area contributed by atoms with Gasteiger partial charge in [0.15, 0.2) is 5.69 Å². The largest absolute Gasteiger partial charge is 0.311 e. The Morgan fingerprint density at radius 3 is 1.86 bits per heavy atom. The molecule has 42 heavy (non-hydrogen) atoms. The van der Waals surface area contributed by atoms with Gasteiger partial charge in [-0.15, -0.1) is 0 Å². The summed E-state index contributed by atoms with van der Waals surface area (Å²) in [6.45, 7) is 7.34. The van der Waals surface area contributed by atoms with Crippen LogP contribution < -0.4 is 4.90 Å². The zero-order chi connectivity index (χ0) is 28.0. The lowest BCUT2D eigenvalue weighted by atomic mass is 9.94. The third-order valence-corrected chi connectivity index (χ3v) is 8.16. The molecular formula is C39H25N3. The van der Waals surface area contributed by atoms with Gasteiger partial charge in [-0.25, -0.2) is 4.85 Å². The molecule has 8 rings (SSSR count). The van der Waals surface area contributed by atoms with Crippen molar-refractivity contribution in [3.05, 3.63) is 163 Å². The summed E-state index contributed by atoms with van der Waals surface area (Å²) in [7, 11) is 0. The molecule has 1 aromatic heterocycles. The van der Waals surface area contributed by atoms with Crippen LogP contribution in [0.5, 0.6) is 0 Å². The number of para-hydroxylation sites is 2. The van der Waals surface area contributed by atoms with Crippen molar-refractivity contribution in [2.45, 2.75) is 0 Å². The van der Waals surface area contributed by atoms with Gasteiger partial charge in [0, 0.05) is 33.5 Å². The summed E-state index contributed by atoms with van der Waals surface area (Å²) in [6.07, 6.45) is 0. The van der Waals surface area contributed by atoms with Crippen LogP contribution in [0.15, 0.2) is 152 Å². The smallest absolute Gasteiger partial charge is 0.187 e. The fourth-order valence-electron chi connectivity index (χ4n) is 6.29. The molecular weight excluding hydrogens is 510 g/mol. The van der Waals surface area contributed by atoms with E-state index in [0.717, 1.165) is 17.1 Å². The van der Waals surface area contributed by atoms with Crippen molar-refractivity contribution in [3.63, 3.8) is 0 Å². The monoisotopic (exact) mass is 535 g/mol. The average molecular weight is 536 g/mol. The molecule has 0 unspecified atom stereocenters. The number of rotatable bonds is 5. The van der Waals surface area contributed by atoms with Gasteiger partial charge in [-0.3, -0.25) is 0 Å². The Kier molecular flexibility index (Phi) is 5.52. The highest BCUT2D eigenvalue weighted by Gasteiger charge is 2.19. The molecule has 0 aliphatic heterocycles. The van der Waals surface area contributed by atoms with E-state index in [2.05, 4.69) is 136 Å². The molecule has 0 spiro atoms. The summed E-state index contributed by atoms with van der Waals surface area (Å²) in [5.41, 5.74) is 9.81. The van der Waals surface area contributed by atoms with Gasteiger partial charge in [-0.1, -0.05) is 91.0 Å². The zero-order valence-electron chi connectivity index (χ0n) is 22.8. The number of anilines is 3. The maximum Gasteiger partial charge on any atom is 0.187 e. The van der Waals surface area contributed by atoms with E-state index in [4.69, 9.17) is 6.57 Å². The van der Waals surface area contributed by atoms with Crippen molar-refractivity contribution < 1.29 is 0 Å². The Bertz CT molecular complexity index is 2220. The summed E-state index contributed by atoms with van der Waals surface area (Å²) in [5, 5.41) is 5.13. The summed E-state index contributed by atoms with van der Waals surface area (Å²) in [6, 6.07) is 53.2. The van der Waals surface area contributed by atoms with E-state index in [9.17, 15) is 0 Å². The minimum absolute atomic E-state index is 0.635. The SMILES string of the molecule is [C-]#[N+]c1ccc(N(c2ccccc2)c2ccc(-c3ccc4c5c3ccc3cccc(c35)n4-c3ccccc3)cc2)cc1. The predicted octanol–water partition coefficient (Wildman–Crippen LogP) is 11.1. The number of nitrogens with zero attached hydrogens (tertiary/aromatic N) is 3. The van der Waals surface area contributed by atoms with Crippen LogP contribution in [-0.2, 0) is 0 Å². The maximum absolute atomic E-state index is 7.34. The first-order valence-electron chi connectivity index (χ1n) is 14.1. The first-order valence-corrected chi connectivity index (χ1v) is 14.1. The molecule has 0 aliphatic rings. The molecule has 0 radical (unpaired) electrons. The summed E-state index contributed by atoms with van der Waals surface area (Å²) in [4.78, 5) is 5.79. The molecule has 196 valence electrons. The second-order valence-corrected chi connectivity index (χ2v) is 10.5. The minimum Gasteiger partial charge on any atom is -0.311 e. The summed E-state index contributed by atoms with van der Waals surface area (Å²) >= 11 is 0. The fourth-order valence-corrected chi connectivity index (χ4v) is 6.29. The van der Waals surface area contributed by atoms with Crippen LogP contribution >= 0.6 is 0 Å². The fraction of sp³-hybridized carbons (Fsp3) is 0. The van der Waals surface area contributed by atoms with Crippen LogP contribution in [-0.4, -0.2) is 4.57 Å². The summed E-state index contributed by atoms with van der Waals surface area (Å²) in [5.74, 6) is 0. The van der Waals surface area contributed by atoms with E-state index < -0.39 is 0 Å². The van der Waals surface area contributed by atoms with Gasteiger partial charge in [0.1, 0.15) is 0 Å². The standard InChI is InChI=1S/C39H25N3/c1-40-29-18-22-33(23-19-29)41(30-10-4-2-5-11-30)32-20-15-27(16-21-32)34-25-26-37-39-35(34)24-17-28-9-8-14-36(38(28)39)42(37)31-12-6-3-7-13-31/h2-26H. The second-order valence-electron chi connectivity index (χ2n) is 10.5. The van der Waals surface area contributed by atoms with E-state index in [-0.39, 0.29) is 0 Å². The molecule has 3 heteroatoms. The topological polar surface area (TPSA) is 12.5 Å². The van der Waals surface area contributed by atoms with Crippen molar-refractivity contribution in [2.75, 3.05) is 4.90 Å². The van der Waals surface area contributed by atoms with Gasteiger partial charge in [-0.05, 0) is 82.6 Å². The highest BCUT2D eigenvalue weighted by atomic mass is 15.1. The molecule has 0 saturated heterocycles. The second kappa shape index (κ2) is 9.66. The first kappa shape index (κ1) is 24.0. The van der Waals surface area contributed by atoms with Crippen molar-refractivity contribution >= 4 is 55.3 Å². The van der Waals surface area contributed by atoms with Crippen molar-refractivity contribution in [2.24, 2.45) is 0 Å². The van der Waals surface area contributed by atoms with Gasteiger partial charge in [0.05, 0.1) is 17.6 Å². The molecule has 0 fully saturated rings. The Morgan fingerprint density at radius 1 is 0.500 bits per heavy atom. The number of aromatic nitrogens is 1. The third kappa shape index (κ3) is 3.74. The van der Waals surface area contributed by atoms with E-state index >= 15 is 0 Å². The van der Waals surface area contributed by atoms with Crippen molar-refractivity contribution in [1.82, 2.24) is 4.57 Å². The Balaban J connectivity index is 1.28. The van der Waals surface area contributed by atoms with Gasteiger partial charge >= 0.3 is 0 Å². The van der Waals surface area contributed by atoms with Crippen LogP contribution in [0, 0.1) is 6.57 Å². The van der Waals surface area contributed by atoms with Crippen LogP contribution in [0.4, 0.5) is 22.7 Å². The maximum atomic E-state index is 7.34. The first-order chi connectivity index (χ1) is 20.8. The molecule has 0 aliphatic carbocycles. The van der Waals surface area contributed by atoms with E-state index in [1.165, 1.54) is 49.4 Å². The number of benzene rings is 7. The lowest BCUT2D eigenvalue weighted by Crippen LogP contribution is -2.09. The van der Waals surface area contributed by atoms with Crippen molar-refractivity contribution in [3.8, 4) is 16.8 Å². The normalized spacial score (nSPS) is 11.3. The highest BCUT2D eigenvalue weighted by Crippen LogP contribution is 2.43. The number of hydrogen-bond acceptors (Lipinski definition) is 1. The van der Waals surface area contributed by atoms with E-state index in [1.807, 2.05) is 30.3 Å². The van der Waals surface area contributed by atoms with Crippen LogP contribution in [0.2, 0.25) is 0 Å². The predicted molar refractivity (Wildman–Crippen MR) is 176 cm³/mol. The quantitative estimate of drug-likeness (QED) is 0.158. The average Bonchev–Trinajstić information content (AvgIpc) is 3.41. The molecule has 3 nitrogen and oxygen atoms in total. The van der Waals surface area contributed by atoms with E-state index in [0.29, 0.717) is 5.69 Å². The van der Waals surface area contributed by atoms with Gasteiger partial charge in [0.25, 0.3) is 0 Å². The van der Waals surface area contributed by atoms with Crippen LogP contribution in [0.1, 0.15) is 0 Å². The van der Waals surface area contributed by atoms with Crippen LogP contribution in [0.3, 0.4) is 0 Å². The highest BCUT2D eigenvalue weighted by molar-refractivity contribution is 6.26. The molecule has 0 saturated carbocycles.